The molecule has 1 saturated carbocycles. The van der Waals surface area contributed by atoms with Gasteiger partial charge in [0.15, 0.2) is 11.5 Å². The lowest BCUT2D eigenvalue weighted by Crippen LogP contribution is -2.36. The number of anilines is 1. The summed E-state index contributed by atoms with van der Waals surface area (Å²) in [6.45, 7) is -3.51. The molecule has 1 unspecified atom stereocenters. The maximum atomic E-state index is 13.9. The molecule has 1 amide bonds. The number of benzene rings is 2. The lowest BCUT2D eigenvalue weighted by Gasteiger charge is -2.23. The van der Waals surface area contributed by atoms with Gasteiger partial charge in [-0.25, -0.2) is 4.39 Å². The molecular weight excluding hydrogens is 588 g/mol. The molecule has 1 atom stereocenters. The van der Waals surface area contributed by atoms with E-state index in [9.17, 15) is 27.6 Å². The lowest BCUT2D eigenvalue weighted by molar-refractivity contribution is -0.148. The van der Waals surface area contributed by atoms with Gasteiger partial charge in [0.05, 0.1) is 27.9 Å². The number of fused-ring (bicyclic) bond motifs is 1. The third-order valence-corrected chi connectivity index (χ3v) is 7.22. The van der Waals surface area contributed by atoms with Crippen molar-refractivity contribution < 1.29 is 41.8 Å². The van der Waals surface area contributed by atoms with Gasteiger partial charge in [0.2, 0.25) is 0 Å². The highest BCUT2D eigenvalue weighted by Crippen LogP contribution is 2.38. The Bertz CT molecular complexity index is 1500. The van der Waals surface area contributed by atoms with Crippen LogP contribution in [0.5, 0.6) is 11.5 Å². The van der Waals surface area contributed by atoms with Crippen LogP contribution < -0.4 is 14.4 Å². The van der Waals surface area contributed by atoms with Gasteiger partial charge >= 0.3 is 12.6 Å². The van der Waals surface area contributed by atoms with E-state index in [0.29, 0.717) is 17.0 Å². The van der Waals surface area contributed by atoms with Gasteiger partial charge in [-0.15, -0.1) is 0 Å². The molecule has 2 aliphatic rings. The summed E-state index contributed by atoms with van der Waals surface area (Å²) < 4.78 is 56.0. The van der Waals surface area contributed by atoms with Crippen molar-refractivity contribution >= 4 is 46.5 Å². The van der Waals surface area contributed by atoms with E-state index in [4.69, 9.17) is 32.7 Å². The molecule has 214 valence electrons. The van der Waals surface area contributed by atoms with E-state index in [1.807, 2.05) is 0 Å². The normalized spacial score (nSPS) is 15.2. The minimum atomic E-state index is -3.10. The van der Waals surface area contributed by atoms with Crippen molar-refractivity contribution in [2.45, 2.75) is 32.0 Å². The van der Waals surface area contributed by atoms with E-state index in [2.05, 4.69) is 9.72 Å². The monoisotopic (exact) mass is 608 g/mol. The number of halogens is 5. The standard InChI is InChI=1S/C28H21Cl2F3N2O6/c29-19-10-34-11-20(30)18(19)9-23(15-3-6-22(41-28(32)33)24(7-15)39-13-14-1-2-14)40-25(36)12-35-21-8-16(31)4-5-17(21)26(37)27(35)38/h3-8,10-11,14,23,28H,1-2,9,12-13H2. The molecule has 0 radical (unpaired) electrons. The van der Waals surface area contributed by atoms with E-state index in [-0.39, 0.29) is 45.8 Å². The van der Waals surface area contributed by atoms with Crippen LogP contribution in [0.15, 0.2) is 48.8 Å². The Morgan fingerprint density at radius 2 is 1.78 bits per heavy atom. The zero-order valence-corrected chi connectivity index (χ0v) is 22.6. The van der Waals surface area contributed by atoms with Gasteiger partial charge in [-0.05, 0) is 60.2 Å². The average Bonchev–Trinajstić information content (AvgIpc) is 3.73. The number of Topliss-reactive ketones (excluding diaryl/α,β-unsaturated/α-hetero) is 1. The Labute approximate surface area is 241 Å². The van der Waals surface area contributed by atoms with Crippen molar-refractivity contribution in [3.63, 3.8) is 0 Å². The predicted octanol–water partition coefficient (Wildman–Crippen LogP) is 5.97. The first-order valence-corrected chi connectivity index (χ1v) is 13.2. The summed E-state index contributed by atoms with van der Waals surface area (Å²) in [5.41, 5.74) is 0.612. The molecule has 3 aromatic rings. The second kappa shape index (κ2) is 12.0. The number of nitrogens with zero attached hydrogens (tertiary/aromatic N) is 2. The van der Waals surface area contributed by atoms with Crippen LogP contribution in [0.1, 0.15) is 40.4 Å². The van der Waals surface area contributed by atoms with Crippen molar-refractivity contribution in [3.8, 4) is 11.5 Å². The van der Waals surface area contributed by atoms with Crippen LogP contribution in [-0.4, -0.2) is 42.4 Å². The summed E-state index contributed by atoms with van der Waals surface area (Å²) in [5, 5.41) is 0.372. The molecule has 1 aliphatic heterocycles. The van der Waals surface area contributed by atoms with E-state index in [1.165, 1.54) is 36.7 Å². The molecule has 0 bridgehead atoms. The Balaban J connectivity index is 1.44. The Kier molecular flexibility index (Phi) is 8.37. The third-order valence-electron chi connectivity index (χ3n) is 6.56. The number of carbonyl (C=O) groups excluding carboxylic acids is 3. The van der Waals surface area contributed by atoms with Gasteiger partial charge in [0.25, 0.3) is 11.7 Å². The molecule has 0 spiro atoms. The molecule has 0 saturated heterocycles. The van der Waals surface area contributed by atoms with Gasteiger partial charge in [-0.2, -0.15) is 8.78 Å². The van der Waals surface area contributed by atoms with Crippen LogP contribution in [0.3, 0.4) is 0 Å². The minimum absolute atomic E-state index is 0.0207. The number of carbonyl (C=O) groups is 3. The molecule has 2 aromatic carbocycles. The highest BCUT2D eigenvalue weighted by molar-refractivity contribution is 6.52. The molecule has 0 N–H and O–H groups in total. The number of esters is 1. The summed E-state index contributed by atoms with van der Waals surface area (Å²) in [6, 6.07) is 7.27. The van der Waals surface area contributed by atoms with Gasteiger partial charge in [0, 0.05) is 18.8 Å². The lowest BCUT2D eigenvalue weighted by atomic mass is 10.0. The zero-order chi connectivity index (χ0) is 29.3. The number of hydrogen-bond acceptors (Lipinski definition) is 7. The number of amides is 1. The highest BCUT2D eigenvalue weighted by atomic mass is 35.5. The fourth-order valence-electron chi connectivity index (χ4n) is 4.32. The molecule has 1 aromatic heterocycles. The largest absolute Gasteiger partial charge is 0.489 e. The summed E-state index contributed by atoms with van der Waals surface area (Å²) in [5.74, 6) is -3.41. The number of pyridine rings is 1. The Hall–Kier alpha value is -3.83. The maximum Gasteiger partial charge on any atom is 0.387 e. The first kappa shape index (κ1) is 28.7. The quantitative estimate of drug-likeness (QED) is 0.195. The smallest absolute Gasteiger partial charge is 0.387 e. The van der Waals surface area contributed by atoms with E-state index < -0.39 is 42.7 Å². The van der Waals surface area contributed by atoms with Gasteiger partial charge < -0.3 is 14.2 Å². The molecular formula is C28H21Cl2F3N2O6. The van der Waals surface area contributed by atoms with Gasteiger partial charge in [-0.3, -0.25) is 24.3 Å². The average molecular weight is 609 g/mol. The maximum absolute atomic E-state index is 13.9. The first-order valence-electron chi connectivity index (χ1n) is 12.5. The number of aromatic nitrogens is 1. The van der Waals surface area contributed by atoms with E-state index in [0.717, 1.165) is 29.9 Å². The van der Waals surface area contributed by atoms with Crippen molar-refractivity contribution in [1.29, 1.82) is 0 Å². The van der Waals surface area contributed by atoms with Crippen LogP contribution in [-0.2, 0) is 20.7 Å². The second-order valence-corrected chi connectivity index (χ2v) is 10.3. The molecule has 41 heavy (non-hydrogen) atoms. The van der Waals surface area contributed by atoms with E-state index in [1.54, 1.807) is 0 Å². The van der Waals surface area contributed by atoms with Crippen LogP contribution in [0.2, 0.25) is 10.0 Å². The molecule has 13 heteroatoms. The van der Waals surface area contributed by atoms with Crippen molar-refractivity contribution in [1.82, 2.24) is 4.98 Å². The topological polar surface area (TPSA) is 95.0 Å². The SMILES string of the molecule is O=C(CN1C(=O)C(=O)c2ccc(F)cc21)OC(Cc1c(Cl)cncc1Cl)c1ccc(OC(F)F)c(OCC2CC2)c1. The molecule has 1 aliphatic carbocycles. The van der Waals surface area contributed by atoms with Crippen LogP contribution in [0.25, 0.3) is 0 Å². The summed E-state index contributed by atoms with van der Waals surface area (Å²) in [6.07, 6.45) is 3.44. The number of alkyl halides is 2. The summed E-state index contributed by atoms with van der Waals surface area (Å²) in [7, 11) is 0. The number of ether oxygens (including phenoxy) is 3. The van der Waals surface area contributed by atoms with Crippen molar-refractivity contribution in [3.05, 3.63) is 81.3 Å². The molecule has 5 rings (SSSR count). The minimum Gasteiger partial charge on any atom is -0.489 e. The zero-order valence-electron chi connectivity index (χ0n) is 21.1. The molecule has 2 heterocycles. The predicted molar refractivity (Wildman–Crippen MR) is 141 cm³/mol. The van der Waals surface area contributed by atoms with Crippen molar-refractivity contribution in [2.75, 3.05) is 18.1 Å². The van der Waals surface area contributed by atoms with Crippen molar-refractivity contribution in [2.24, 2.45) is 5.92 Å². The summed E-state index contributed by atoms with van der Waals surface area (Å²) in [4.78, 5) is 42.8. The van der Waals surface area contributed by atoms with E-state index >= 15 is 0 Å². The van der Waals surface area contributed by atoms with Gasteiger partial charge in [0.1, 0.15) is 18.5 Å². The van der Waals surface area contributed by atoms with Gasteiger partial charge in [-0.1, -0.05) is 29.3 Å². The Morgan fingerprint density at radius 3 is 2.46 bits per heavy atom. The van der Waals surface area contributed by atoms with Crippen LogP contribution >= 0.6 is 23.2 Å². The number of ketones is 1. The Morgan fingerprint density at radius 1 is 1.05 bits per heavy atom. The van der Waals surface area contributed by atoms with Crippen LogP contribution in [0, 0.1) is 11.7 Å². The summed E-state index contributed by atoms with van der Waals surface area (Å²) >= 11 is 12.6. The third kappa shape index (κ3) is 6.57. The first-order chi connectivity index (χ1) is 19.6. The highest BCUT2D eigenvalue weighted by Gasteiger charge is 2.38. The molecule has 1 fully saturated rings. The van der Waals surface area contributed by atoms with Crippen LogP contribution in [0.4, 0.5) is 18.9 Å². The fourth-order valence-corrected chi connectivity index (χ4v) is 4.84. The second-order valence-electron chi connectivity index (χ2n) is 9.49. The fraction of sp³-hybridized carbons (Fsp3) is 0.286. The number of rotatable bonds is 11. The number of hydrogen-bond donors (Lipinski definition) is 0. The molecule has 8 nitrogen and oxygen atoms in total.